The van der Waals surface area contributed by atoms with Crippen LogP contribution in [0.2, 0.25) is 0 Å². The second kappa shape index (κ2) is 3.83. The van der Waals surface area contributed by atoms with Gasteiger partial charge < -0.3 is 4.74 Å². The number of carbonyl (C=O) groups excluding carboxylic acids is 1. The van der Waals surface area contributed by atoms with Crippen molar-refractivity contribution in [3.63, 3.8) is 0 Å². The molecule has 0 amide bonds. The summed E-state index contributed by atoms with van der Waals surface area (Å²) < 4.78 is 5.28. The molecule has 2 aliphatic heterocycles. The second-order valence-electron chi connectivity index (χ2n) is 3.51. The first-order chi connectivity index (χ1) is 6.40. The molecule has 2 heterocycles. The molecule has 0 aromatic rings. The van der Waals surface area contributed by atoms with E-state index in [1.165, 1.54) is 5.57 Å². The molecule has 0 saturated carbocycles. The van der Waals surface area contributed by atoms with Gasteiger partial charge in [-0.2, -0.15) is 0 Å². The molecule has 3 heteroatoms. The minimum absolute atomic E-state index is 0.593. The molecule has 3 nitrogen and oxygen atoms in total. The van der Waals surface area contributed by atoms with E-state index in [4.69, 9.17) is 4.74 Å². The summed E-state index contributed by atoms with van der Waals surface area (Å²) in [4.78, 5) is 14.5. The van der Waals surface area contributed by atoms with Gasteiger partial charge in [0, 0.05) is 25.8 Å². The molecule has 0 unspecified atom stereocenters. The Morgan fingerprint density at radius 1 is 1.46 bits per heavy atom. The highest BCUT2D eigenvalue weighted by Crippen LogP contribution is 2.28. The van der Waals surface area contributed by atoms with Gasteiger partial charge in [0.25, 0.3) is 0 Å². The highest BCUT2D eigenvalue weighted by Gasteiger charge is 2.21. The number of hydrogen-bond acceptors (Lipinski definition) is 3. The van der Waals surface area contributed by atoms with Gasteiger partial charge in [-0.25, -0.2) is 0 Å². The maximum absolute atomic E-state index is 10.4. The maximum atomic E-state index is 10.4. The van der Waals surface area contributed by atoms with Crippen LogP contribution in [0.25, 0.3) is 0 Å². The lowest BCUT2D eigenvalue weighted by molar-refractivity contribution is -0.102. The van der Waals surface area contributed by atoms with Crippen LogP contribution in [-0.2, 0) is 9.53 Å². The standard InChI is InChI=1S/C10H13NO2/c12-7-10-5-9(6-11-10)8-1-3-13-4-2-8/h6-8H,1-5H2. The van der Waals surface area contributed by atoms with E-state index in [1.807, 2.05) is 6.20 Å². The van der Waals surface area contributed by atoms with Crippen molar-refractivity contribution in [3.8, 4) is 0 Å². The number of aldehydes is 1. The Bertz CT molecular complexity index is 262. The highest BCUT2D eigenvalue weighted by molar-refractivity contribution is 6.29. The number of aliphatic imine (C=N–C) groups is 1. The monoisotopic (exact) mass is 179 g/mol. The summed E-state index contributed by atoms with van der Waals surface area (Å²) >= 11 is 0. The van der Waals surface area contributed by atoms with Crippen LogP contribution in [0.1, 0.15) is 19.3 Å². The fraction of sp³-hybridized carbons (Fsp3) is 0.600. The average molecular weight is 179 g/mol. The largest absolute Gasteiger partial charge is 0.381 e. The van der Waals surface area contributed by atoms with Gasteiger partial charge >= 0.3 is 0 Å². The van der Waals surface area contributed by atoms with Crippen molar-refractivity contribution in [2.75, 3.05) is 13.2 Å². The van der Waals surface area contributed by atoms with Crippen molar-refractivity contribution in [3.05, 3.63) is 11.8 Å². The van der Waals surface area contributed by atoms with E-state index in [0.29, 0.717) is 11.6 Å². The zero-order chi connectivity index (χ0) is 9.10. The molecule has 1 fully saturated rings. The van der Waals surface area contributed by atoms with Crippen LogP contribution in [-0.4, -0.2) is 25.2 Å². The van der Waals surface area contributed by atoms with Gasteiger partial charge in [0.2, 0.25) is 0 Å². The molecular formula is C10H13NO2. The van der Waals surface area contributed by atoms with Crippen LogP contribution in [0.15, 0.2) is 16.8 Å². The summed E-state index contributed by atoms with van der Waals surface area (Å²) in [5.41, 5.74) is 1.98. The Morgan fingerprint density at radius 2 is 2.23 bits per heavy atom. The number of rotatable bonds is 2. The van der Waals surface area contributed by atoms with E-state index in [2.05, 4.69) is 4.99 Å². The number of allylic oxidation sites excluding steroid dienone is 1. The predicted molar refractivity (Wildman–Crippen MR) is 49.7 cm³/mol. The molecule has 2 rings (SSSR count). The van der Waals surface area contributed by atoms with Crippen LogP contribution in [0.3, 0.4) is 0 Å². The molecule has 0 aromatic heterocycles. The molecule has 1 saturated heterocycles. The molecule has 0 radical (unpaired) electrons. The molecule has 0 aliphatic carbocycles. The molecule has 70 valence electrons. The lowest BCUT2D eigenvalue weighted by atomic mass is 9.90. The van der Waals surface area contributed by atoms with Crippen molar-refractivity contribution in [1.82, 2.24) is 0 Å². The Labute approximate surface area is 77.5 Å². The number of carbonyl (C=O) groups is 1. The predicted octanol–water partition coefficient (Wildman–Crippen LogP) is 1.34. The molecule has 0 bridgehead atoms. The first-order valence-electron chi connectivity index (χ1n) is 4.68. The first kappa shape index (κ1) is 8.63. The summed E-state index contributed by atoms with van der Waals surface area (Å²) in [7, 11) is 0. The first-order valence-corrected chi connectivity index (χ1v) is 4.68. The average Bonchev–Trinajstić information content (AvgIpc) is 2.67. The third kappa shape index (κ3) is 1.86. The minimum Gasteiger partial charge on any atom is -0.381 e. The van der Waals surface area contributed by atoms with Gasteiger partial charge in [-0.05, 0) is 24.3 Å². The summed E-state index contributed by atoms with van der Waals surface area (Å²) in [6, 6.07) is 0. The van der Waals surface area contributed by atoms with Gasteiger partial charge in [-0.15, -0.1) is 0 Å². The Hall–Kier alpha value is -0.960. The number of hydrogen-bond donors (Lipinski definition) is 0. The van der Waals surface area contributed by atoms with Gasteiger partial charge in [-0.3, -0.25) is 9.79 Å². The van der Waals surface area contributed by atoms with E-state index in [9.17, 15) is 4.79 Å². The molecule has 0 aromatic carbocycles. The van der Waals surface area contributed by atoms with Crippen LogP contribution in [0, 0.1) is 5.92 Å². The van der Waals surface area contributed by atoms with Crippen LogP contribution in [0.5, 0.6) is 0 Å². The third-order valence-electron chi connectivity index (χ3n) is 2.66. The van der Waals surface area contributed by atoms with Gasteiger partial charge in [0.1, 0.15) is 0 Å². The third-order valence-corrected chi connectivity index (χ3v) is 2.66. The van der Waals surface area contributed by atoms with Crippen LogP contribution >= 0.6 is 0 Å². The minimum atomic E-state index is 0.593. The quantitative estimate of drug-likeness (QED) is 0.600. The molecular weight excluding hydrogens is 166 g/mol. The molecule has 13 heavy (non-hydrogen) atoms. The highest BCUT2D eigenvalue weighted by atomic mass is 16.5. The Balaban J connectivity index is 1.93. The van der Waals surface area contributed by atoms with Crippen molar-refractivity contribution >= 4 is 12.0 Å². The van der Waals surface area contributed by atoms with Gasteiger partial charge in [-0.1, -0.05) is 0 Å². The lowest BCUT2D eigenvalue weighted by Crippen LogP contribution is -2.17. The topological polar surface area (TPSA) is 38.7 Å². The van der Waals surface area contributed by atoms with Gasteiger partial charge in [0.15, 0.2) is 6.29 Å². The zero-order valence-electron chi connectivity index (χ0n) is 7.53. The van der Waals surface area contributed by atoms with E-state index in [-0.39, 0.29) is 0 Å². The Morgan fingerprint density at radius 3 is 2.85 bits per heavy atom. The fourth-order valence-electron chi connectivity index (χ4n) is 1.86. The molecule has 0 N–H and O–H groups in total. The van der Waals surface area contributed by atoms with E-state index in [0.717, 1.165) is 38.8 Å². The summed E-state index contributed by atoms with van der Waals surface area (Å²) in [6.07, 6.45) is 5.62. The van der Waals surface area contributed by atoms with E-state index < -0.39 is 0 Å². The zero-order valence-corrected chi connectivity index (χ0v) is 7.53. The smallest absolute Gasteiger partial charge is 0.164 e. The van der Waals surface area contributed by atoms with Crippen LogP contribution in [0.4, 0.5) is 0 Å². The van der Waals surface area contributed by atoms with E-state index >= 15 is 0 Å². The van der Waals surface area contributed by atoms with Crippen molar-refractivity contribution in [2.45, 2.75) is 19.3 Å². The normalized spacial score (nSPS) is 24.0. The van der Waals surface area contributed by atoms with Gasteiger partial charge in [0.05, 0.1) is 5.71 Å². The Kier molecular flexibility index (Phi) is 2.54. The molecule has 0 atom stereocenters. The second-order valence-corrected chi connectivity index (χ2v) is 3.51. The SMILES string of the molecule is O=CC1=NC=C(C2CCOCC2)C1. The van der Waals surface area contributed by atoms with E-state index in [1.54, 1.807) is 0 Å². The summed E-state index contributed by atoms with van der Waals surface area (Å²) in [6.45, 7) is 1.69. The summed E-state index contributed by atoms with van der Waals surface area (Å²) in [5, 5.41) is 0. The maximum Gasteiger partial charge on any atom is 0.164 e. The lowest BCUT2D eigenvalue weighted by Gasteiger charge is -2.22. The number of ether oxygens (including phenoxy) is 1. The fourth-order valence-corrected chi connectivity index (χ4v) is 1.86. The number of nitrogens with zero attached hydrogens (tertiary/aromatic N) is 1. The van der Waals surface area contributed by atoms with Crippen LogP contribution < -0.4 is 0 Å². The van der Waals surface area contributed by atoms with Crippen molar-refractivity contribution < 1.29 is 9.53 Å². The molecule has 2 aliphatic rings. The van der Waals surface area contributed by atoms with Crippen molar-refractivity contribution in [1.29, 1.82) is 0 Å². The summed E-state index contributed by atoms with van der Waals surface area (Å²) in [5.74, 6) is 0.593. The molecule has 0 spiro atoms. The van der Waals surface area contributed by atoms with Crippen molar-refractivity contribution in [2.24, 2.45) is 10.9 Å².